The Labute approximate surface area is 149 Å². The molecule has 0 aliphatic heterocycles. The fourth-order valence-electron chi connectivity index (χ4n) is 2.23. The molecular formula is C17H16ClN3S2. The van der Waals surface area contributed by atoms with Gasteiger partial charge >= 0.3 is 0 Å². The van der Waals surface area contributed by atoms with Gasteiger partial charge in [0, 0.05) is 16.5 Å². The molecule has 0 radical (unpaired) electrons. The normalized spacial score (nSPS) is 10.9. The summed E-state index contributed by atoms with van der Waals surface area (Å²) >= 11 is 13.1. The van der Waals surface area contributed by atoms with Gasteiger partial charge in [-0.2, -0.15) is 5.10 Å². The lowest BCUT2D eigenvalue weighted by Crippen LogP contribution is -2.00. The summed E-state index contributed by atoms with van der Waals surface area (Å²) < 4.78 is 2.55. The maximum absolute atomic E-state index is 5.95. The Hall–Kier alpha value is -1.56. The number of hydrogen-bond acceptors (Lipinski definition) is 3. The van der Waals surface area contributed by atoms with E-state index in [1.807, 2.05) is 40.6 Å². The van der Waals surface area contributed by atoms with Crippen LogP contribution >= 0.6 is 35.6 Å². The fraction of sp³-hybridized carbons (Fsp3) is 0.176. The third-order valence-corrected chi connectivity index (χ3v) is 4.97. The number of hydrogen-bond donors (Lipinski definition) is 1. The number of aromatic amines is 1. The quantitative estimate of drug-likeness (QED) is 0.624. The Morgan fingerprint density at radius 2 is 1.78 bits per heavy atom. The second-order valence-corrected chi connectivity index (χ2v) is 7.04. The number of thioether (sulfide) groups is 1. The number of aryl methyl sites for hydroxylation is 1. The molecule has 0 spiro atoms. The van der Waals surface area contributed by atoms with Crippen LogP contribution in [-0.4, -0.2) is 14.8 Å². The van der Waals surface area contributed by atoms with E-state index >= 15 is 0 Å². The molecule has 0 bridgehead atoms. The minimum absolute atomic E-state index is 0.596. The first-order valence-electron chi connectivity index (χ1n) is 7.19. The van der Waals surface area contributed by atoms with E-state index in [1.54, 1.807) is 0 Å². The van der Waals surface area contributed by atoms with Crippen molar-refractivity contribution in [2.75, 3.05) is 0 Å². The second kappa shape index (κ2) is 7.34. The molecule has 0 unspecified atom stereocenters. The third-order valence-electron chi connectivity index (χ3n) is 3.45. The number of aromatic nitrogens is 3. The van der Waals surface area contributed by atoms with Gasteiger partial charge in [-0.1, -0.05) is 41.4 Å². The van der Waals surface area contributed by atoms with E-state index in [9.17, 15) is 0 Å². The number of nitrogens with zero attached hydrogens (tertiary/aromatic N) is 2. The molecule has 3 aromatic rings. The van der Waals surface area contributed by atoms with E-state index in [0.29, 0.717) is 9.79 Å². The summed E-state index contributed by atoms with van der Waals surface area (Å²) in [5, 5.41) is 7.94. The molecule has 0 atom stereocenters. The fourth-order valence-corrected chi connectivity index (χ4v) is 3.52. The zero-order valence-electron chi connectivity index (χ0n) is 12.6. The second-order valence-electron chi connectivity index (χ2n) is 5.24. The minimum Gasteiger partial charge on any atom is -0.271 e. The molecular weight excluding hydrogens is 346 g/mol. The summed E-state index contributed by atoms with van der Waals surface area (Å²) in [6.45, 7) is 2.10. The topological polar surface area (TPSA) is 33.6 Å². The van der Waals surface area contributed by atoms with E-state index in [1.165, 1.54) is 11.1 Å². The van der Waals surface area contributed by atoms with Gasteiger partial charge in [0.15, 0.2) is 4.77 Å². The van der Waals surface area contributed by atoms with Crippen LogP contribution in [0.2, 0.25) is 5.02 Å². The molecule has 118 valence electrons. The van der Waals surface area contributed by atoms with Gasteiger partial charge in [-0.05, 0) is 49.0 Å². The molecule has 0 saturated carbocycles. The van der Waals surface area contributed by atoms with E-state index in [4.69, 9.17) is 23.8 Å². The maximum atomic E-state index is 5.95. The Bertz CT molecular complexity index is 836. The van der Waals surface area contributed by atoms with Crippen molar-refractivity contribution in [3.63, 3.8) is 0 Å². The van der Waals surface area contributed by atoms with Crippen LogP contribution in [-0.2, 0) is 11.5 Å². The first kappa shape index (κ1) is 16.3. The highest BCUT2D eigenvalue weighted by Gasteiger charge is 2.08. The maximum Gasteiger partial charge on any atom is 0.199 e. The highest BCUT2D eigenvalue weighted by molar-refractivity contribution is 7.97. The van der Waals surface area contributed by atoms with Crippen LogP contribution in [0.4, 0.5) is 0 Å². The van der Waals surface area contributed by atoms with Gasteiger partial charge in [0.2, 0.25) is 0 Å². The first-order valence-corrected chi connectivity index (χ1v) is 9.13. The number of halogens is 1. The molecule has 1 heterocycles. The monoisotopic (exact) mass is 361 g/mol. The molecule has 2 aromatic carbocycles. The smallest absolute Gasteiger partial charge is 0.199 e. The standard InChI is InChI=1S/C17H16ClN3S2/c1-12-2-4-13(5-3-12)10-23-11-16-19-20-17(22)21(16)15-8-6-14(18)7-9-15/h2-9H,10-11H2,1H3,(H,20,22). The lowest BCUT2D eigenvalue weighted by Gasteiger charge is -2.07. The van der Waals surface area contributed by atoms with Crippen LogP contribution in [0.5, 0.6) is 0 Å². The SMILES string of the molecule is Cc1ccc(CSCc2n[nH]c(=S)n2-c2ccc(Cl)cc2)cc1. The van der Waals surface area contributed by atoms with Crippen LogP contribution in [0.1, 0.15) is 17.0 Å². The zero-order chi connectivity index (χ0) is 16.2. The van der Waals surface area contributed by atoms with Crippen molar-refractivity contribution >= 4 is 35.6 Å². The van der Waals surface area contributed by atoms with Crippen LogP contribution in [0.15, 0.2) is 48.5 Å². The van der Waals surface area contributed by atoms with Crippen molar-refractivity contribution in [1.82, 2.24) is 14.8 Å². The van der Waals surface area contributed by atoms with Crippen molar-refractivity contribution in [3.05, 3.63) is 75.3 Å². The number of rotatable bonds is 5. The van der Waals surface area contributed by atoms with Crippen molar-refractivity contribution in [1.29, 1.82) is 0 Å². The Morgan fingerprint density at radius 1 is 1.09 bits per heavy atom. The summed E-state index contributed by atoms with van der Waals surface area (Å²) in [5.41, 5.74) is 3.56. The summed E-state index contributed by atoms with van der Waals surface area (Å²) in [6, 6.07) is 16.2. The van der Waals surface area contributed by atoms with E-state index < -0.39 is 0 Å². The van der Waals surface area contributed by atoms with Gasteiger partial charge in [0.05, 0.1) is 5.75 Å². The molecule has 6 heteroatoms. The van der Waals surface area contributed by atoms with Crippen LogP contribution in [0.3, 0.4) is 0 Å². The largest absolute Gasteiger partial charge is 0.271 e. The van der Waals surface area contributed by atoms with Gasteiger partial charge in [0.25, 0.3) is 0 Å². The summed E-state index contributed by atoms with van der Waals surface area (Å²) in [5.74, 6) is 2.64. The highest BCUT2D eigenvalue weighted by atomic mass is 35.5. The molecule has 3 nitrogen and oxygen atoms in total. The van der Waals surface area contributed by atoms with Gasteiger partial charge in [-0.3, -0.25) is 9.67 Å². The number of nitrogens with one attached hydrogen (secondary N) is 1. The number of H-pyrrole nitrogens is 1. The predicted molar refractivity (Wildman–Crippen MR) is 99.9 cm³/mol. The van der Waals surface area contributed by atoms with Crippen molar-refractivity contribution in [2.24, 2.45) is 0 Å². The van der Waals surface area contributed by atoms with Crippen LogP contribution < -0.4 is 0 Å². The summed E-state index contributed by atoms with van der Waals surface area (Å²) in [7, 11) is 0. The Kier molecular flexibility index (Phi) is 5.20. The lowest BCUT2D eigenvalue weighted by molar-refractivity contribution is 0.949. The molecule has 23 heavy (non-hydrogen) atoms. The van der Waals surface area contributed by atoms with Gasteiger partial charge < -0.3 is 0 Å². The Balaban J connectivity index is 1.72. The average Bonchev–Trinajstić information content (AvgIpc) is 2.91. The zero-order valence-corrected chi connectivity index (χ0v) is 15.0. The van der Waals surface area contributed by atoms with Crippen molar-refractivity contribution in [3.8, 4) is 5.69 Å². The molecule has 0 aliphatic carbocycles. The molecule has 3 rings (SSSR count). The van der Waals surface area contributed by atoms with Gasteiger partial charge in [0.1, 0.15) is 5.82 Å². The molecule has 0 saturated heterocycles. The molecule has 0 aliphatic rings. The number of benzene rings is 2. The molecule has 0 amide bonds. The highest BCUT2D eigenvalue weighted by Crippen LogP contribution is 2.21. The first-order chi connectivity index (χ1) is 11.1. The summed E-state index contributed by atoms with van der Waals surface area (Å²) in [6.07, 6.45) is 0. The lowest BCUT2D eigenvalue weighted by atomic mass is 10.2. The van der Waals surface area contributed by atoms with Crippen molar-refractivity contribution < 1.29 is 0 Å². The van der Waals surface area contributed by atoms with E-state index in [0.717, 1.165) is 23.0 Å². The van der Waals surface area contributed by atoms with Gasteiger partial charge in [-0.15, -0.1) is 11.8 Å². The van der Waals surface area contributed by atoms with Gasteiger partial charge in [-0.25, -0.2) is 0 Å². The van der Waals surface area contributed by atoms with E-state index in [2.05, 4.69) is 41.4 Å². The Morgan fingerprint density at radius 3 is 2.48 bits per heavy atom. The molecule has 1 N–H and O–H groups in total. The van der Waals surface area contributed by atoms with Crippen LogP contribution in [0, 0.1) is 11.7 Å². The summed E-state index contributed by atoms with van der Waals surface area (Å²) in [4.78, 5) is 0. The third kappa shape index (κ3) is 4.05. The van der Waals surface area contributed by atoms with Crippen LogP contribution in [0.25, 0.3) is 5.69 Å². The molecule has 0 fully saturated rings. The van der Waals surface area contributed by atoms with E-state index in [-0.39, 0.29) is 0 Å². The average molecular weight is 362 g/mol. The van der Waals surface area contributed by atoms with Crippen molar-refractivity contribution in [2.45, 2.75) is 18.4 Å². The molecule has 1 aromatic heterocycles. The predicted octanol–water partition coefficient (Wildman–Crippen LogP) is 5.33. The minimum atomic E-state index is 0.596.